The normalized spacial score (nSPS) is 15.2. The minimum absolute atomic E-state index is 0.206. The number of methoxy groups -OCH3 is 1. The van der Waals surface area contributed by atoms with E-state index in [-0.39, 0.29) is 12.5 Å². The topological polar surface area (TPSA) is 72.5 Å². The van der Waals surface area contributed by atoms with E-state index in [1.54, 1.807) is 48.7 Å². The van der Waals surface area contributed by atoms with Gasteiger partial charge >= 0.3 is 0 Å². The van der Waals surface area contributed by atoms with E-state index < -0.39 is 0 Å². The molecule has 1 amide bonds. The lowest BCUT2D eigenvalue weighted by Gasteiger charge is -2.11. The molecule has 0 radical (unpaired) electrons. The Kier molecular flexibility index (Phi) is 5.37. The molecule has 2 aromatic heterocycles. The van der Waals surface area contributed by atoms with Gasteiger partial charge in [0.15, 0.2) is 5.11 Å². The van der Waals surface area contributed by atoms with Crippen LogP contribution in [0.2, 0.25) is 5.02 Å². The molecule has 0 atom stereocenters. The predicted octanol–water partition coefficient (Wildman–Crippen LogP) is 3.44. The lowest BCUT2D eigenvalue weighted by Crippen LogP contribution is -2.29. The van der Waals surface area contributed by atoms with Crippen molar-refractivity contribution >= 4 is 40.9 Å². The van der Waals surface area contributed by atoms with Gasteiger partial charge in [0, 0.05) is 11.8 Å². The first-order valence-corrected chi connectivity index (χ1v) is 9.54. The molecule has 1 aliphatic heterocycles. The van der Waals surface area contributed by atoms with Crippen LogP contribution in [0.15, 0.2) is 59.1 Å². The van der Waals surface area contributed by atoms with Crippen molar-refractivity contribution in [1.29, 1.82) is 0 Å². The van der Waals surface area contributed by atoms with Gasteiger partial charge < -0.3 is 14.5 Å². The maximum absolute atomic E-state index is 12.8. The van der Waals surface area contributed by atoms with Crippen LogP contribution in [-0.4, -0.2) is 32.8 Å². The summed E-state index contributed by atoms with van der Waals surface area (Å²) in [7, 11) is 1.61. The van der Waals surface area contributed by atoms with Crippen LogP contribution in [0.1, 0.15) is 16.9 Å². The molecule has 0 unspecified atom stereocenters. The van der Waals surface area contributed by atoms with Crippen LogP contribution in [0, 0.1) is 0 Å². The summed E-state index contributed by atoms with van der Waals surface area (Å²) < 4.78 is 12.5. The van der Waals surface area contributed by atoms with Crippen molar-refractivity contribution in [3.05, 3.63) is 76.6 Å². The first-order chi connectivity index (χ1) is 14.0. The zero-order valence-corrected chi connectivity index (χ0v) is 17.0. The molecule has 148 valence electrons. The highest BCUT2D eigenvalue weighted by Gasteiger charge is 2.31. The molecular formula is C20H17ClN4O3S. The zero-order valence-electron chi connectivity index (χ0n) is 15.5. The van der Waals surface area contributed by atoms with Crippen molar-refractivity contribution < 1.29 is 13.9 Å². The van der Waals surface area contributed by atoms with Crippen LogP contribution in [-0.2, 0) is 17.9 Å². The second-order valence-corrected chi connectivity index (χ2v) is 7.21. The van der Waals surface area contributed by atoms with Gasteiger partial charge in [0.1, 0.15) is 17.2 Å². The van der Waals surface area contributed by atoms with E-state index in [1.165, 1.54) is 4.90 Å². The van der Waals surface area contributed by atoms with E-state index in [0.717, 1.165) is 16.9 Å². The Morgan fingerprint density at radius 2 is 2.21 bits per heavy atom. The largest absolute Gasteiger partial charge is 0.496 e. The Morgan fingerprint density at radius 3 is 2.90 bits per heavy atom. The fraction of sp³-hybridized carbons (Fsp3) is 0.150. The van der Waals surface area contributed by atoms with Crippen LogP contribution in [0.4, 0.5) is 0 Å². The molecule has 1 saturated heterocycles. The smallest absolute Gasteiger partial charge is 0.276 e. The molecule has 9 heteroatoms. The summed E-state index contributed by atoms with van der Waals surface area (Å²) >= 11 is 11.3. The Morgan fingerprint density at radius 1 is 1.34 bits per heavy atom. The maximum Gasteiger partial charge on any atom is 0.276 e. The number of hydrogen-bond donors (Lipinski definition) is 1. The zero-order chi connectivity index (χ0) is 20.4. The van der Waals surface area contributed by atoms with E-state index in [4.69, 9.17) is 33.0 Å². The van der Waals surface area contributed by atoms with Gasteiger partial charge in [-0.1, -0.05) is 17.7 Å². The number of hydrogen-bond acceptors (Lipinski definition) is 5. The molecule has 1 aliphatic rings. The van der Waals surface area contributed by atoms with E-state index in [9.17, 15) is 4.79 Å². The second kappa shape index (κ2) is 8.10. The van der Waals surface area contributed by atoms with Crippen molar-refractivity contribution in [1.82, 2.24) is 20.0 Å². The summed E-state index contributed by atoms with van der Waals surface area (Å²) in [6, 6.07) is 9.24. The highest BCUT2D eigenvalue weighted by molar-refractivity contribution is 7.80. The van der Waals surface area contributed by atoms with Crippen LogP contribution < -0.4 is 10.1 Å². The number of thiocarbonyl (C=S) groups is 1. The minimum atomic E-state index is -0.206. The number of carbonyl (C=O) groups is 1. The monoisotopic (exact) mass is 428 g/mol. The molecular weight excluding hydrogens is 412 g/mol. The third-order valence-corrected chi connectivity index (χ3v) is 4.92. The Balaban J connectivity index is 1.58. The molecule has 1 fully saturated rings. The summed E-state index contributed by atoms with van der Waals surface area (Å²) in [6.07, 6.45) is 6.64. The molecule has 1 aromatic carbocycles. The van der Waals surface area contributed by atoms with E-state index >= 15 is 0 Å². The number of ether oxygens (including phenoxy) is 1. The van der Waals surface area contributed by atoms with Gasteiger partial charge in [-0.05, 0) is 48.1 Å². The van der Waals surface area contributed by atoms with Gasteiger partial charge in [-0.2, -0.15) is 5.10 Å². The van der Waals surface area contributed by atoms with E-state index in [1.807, 2.05) is 18.2 Å². The first-order valence-electron chi connectivity index (χ1n) is 8.75. The molecule has 0 saturated carbocycles. The second-order valence-electron chi connectivity index (χ2n) is 6.39. The SMILES string of the molecule is COc1ccc(/C=C2/NC(=S)N(Cc3ccco3)C2=O)cc1Cn1cc(Cl)cn1. The molecule has 3 aromatic rings. The Labute approximate surface area is 177 Å². The number of halogens is 1. The van der Waals surface area contributed by atoms with Gasteiger partial charge in [-0.3, -0.25) is 14.4 Å². The van der Waals surface area contributed by atoms with Crippen molar-refractivity contribution in [2.24, 2.45) is 0 Å². The average molecular weight is 429 g/mol. The molecule has 4 rings (SSSR count). The van der Waals surface area contributed by atoms with Gasteiger partial charge in [-0.15, -0.1) is 0 Å². The van der Waals surface area contributed by atoms with Gasteiger partial charge in [0.05, 0.1) is 37.7 Å². The number of carbonyl (C=O) groups excluding carboxylic acids is 1. The summed E-state index contributed by atoms with van der Waals surface area (Å²) in [4.78, 5) is 14.2. The summed E-state index contributed by atoms with van der Waals surface area (Å²) in [5.41, 5.74) is 2.14. The highest BCUT2D eigenvalue weighted by Crippen LogP contribution is 2.24. The van der Waals surface area contributed by atoms with Gasteiger partial charge in [0.2, 0.25) is 0 Å². The van der Waals surface area contributed by atoms with Crippen LogP contribution in [0.25, 0.3) is 6.08 Å². The quantitative estimate of drug-likeness (QED) is 0.479. The third kappa shape index (κ3) is 4.18. The molecule has 0 aliphatic carbocycles. The van der Waals surface area contributed by atoms with Crippen molar-refractivity contribution in [2.75, 3.05) is 7.11 Å². The van der Waals surface area contributed by atoms with Crippen molar-refractivity contribution in [3.8, 4) is 5.75 Å². The summed E-state index contributed by atoms with van der Waals surface area (Å²) in [6.45, 7) is 0.764. The van der Waals surface area contributed by atoms with E-state index in [0.29, 0.717) is 28.1 Å². The number of nitrogens with one attached hydrogen (secondary N) is 1. The Bertz CT molecular complexity index is 1090. The van der Waals surface area contributed by atoms with Crippen LogP contribution >= 0.6 is 23.8 Å². The molecule has 7 nitrogen and oxygen atoms in total. The number of furan rings is 1. The van der Waals surface area contributed by atoms with Gasteiger partial charge in [-0.25, -0.2) is 0 Å². The number of amides is 1. The molecule has 0 bridgehead atoms. The minimum Gasteiger partial charge on any atom is -0.496 e. The summed E-state index contributed by atoms with van der Waals surface area (Å²) in [5, 5.41) is 8.09. The first kappa shape index (κ1) is 19.2. The number of aromatic nitrogens is 2. The fourth-order valence-corrected chi connectivity index (χ4v) is 3.47. The lowest BCUT2D eigenvalue weighted by atomic mass is 10.1. The van der Waals surface area contributed by atoms with Crippen molar-refractivity contribution in [2.45, 2.75) is 13.1 Å². The van der Waals surface area contributed by atoms with E-state index in [2.05, 4.69) is 10.4 Å². The fourth-order valence-electron chi connectivity index (χ4n) is 3.05. The molecule has 0 spiro atoms. The predicted molar refractivity (Wildman–Crippen MR) is 112 cm³/mol. The number of benzene rings is 1. The number of rotatable bonds is 6. The average Bonchev–Trinajstić information content (AvgIpc) is 3.41. The van der Waals surface area contributed by atoms with Crippen LogP contribution in [0.3, 0.4) is 0 Å². The molecule has 3 heterocycles. The highest BCUT2D eigenvalue weighted by atomic mass is 35.5. The standard InChI is InChI=1S/C20H17ClN4O3S/c1-27-18-5-4-13(7-14(18)10-24-11-15(21)9-22-24)8-17-19(26)25(20(29)23-17)12-16-3-2-6-28-16/h2-9,11H,10,12H2,1H3,(H,23,29)/b17-8+. The van der Waals surface area contributed by atoms with Crippen LogP contribution in [0.5, 0.6) is 5.75 Å². The van der Waals surface area contributed by atoms with Crippen molar-refractivity contribution in [3.63, 3.8) is 0 Å². The third-order valence-electron chi connectivity index (χ3n) is 4.41. The molecule has 1 N–H and O–H groups in total. The Hall–Kier alpha value is -3.10. The van der Waals surface area contributed by atoms with Gasteiger partial charge in [0.25, 0.3) is 5.91 Å². The maximum atomic E-state index is 12.8. The lowest BCUT2D eigenvalue weighted by molar-refractivity contribution is -0.122. The number of nitrogens with zero attached hydrogens (tertiary/aromatic N) is 3. The molecule has 29 heavy (non-hydrogen) atoms. The summed E-state index contributed by atoms with van der Waals surface area (Å²) in [5.74, 6) is 1.18.